The summed E-state index contributed by atoms with van der Waals surface area (Å²) < 4.78 is 38.7. The normalized spacial score (nSPS) is 20.4. The number of aliphatic hydroxyl groups excluding tert-OH is 1. The van der Waals surface area contributed by atoms with Crippen molar-refractivity contribution in [3.63, 3.8) is 0 Å². The maximum Gasteiger partial charge on any atom is 0.416 e. The molecule has 2 atom stereocenters. The van der Waals surface area contributed by atoms with E-state index in [4.69, 9.17) is 9.47 Å². The van der Waals surface area contributed by atoms with Gasteiger partial charge in [0.15, 0.2) is 17.4 Å². The molecule has 0 aliphatic carbocycles. The number of carbonyl (C=O) groups is 1. The van der Waals surface area contributed by atoms with Gasteiger partial charge in [0.25, 0.3) is 0 Å². The van der Waals surface area contributed by atoms with Crippen LogP contribution in [0.4, 0.5) is 25.1 Å². The van der Waals surface area contributed by atoms with E-state index < -0.39 is 29.4 Å². The van der Waals surface area contributed by atoms with Crippen LogP contribution in [0.15, 0.2) is 18.2 Å². The van der Waals surface area contributed by atoms with Gasteiger partial charge >= 0.3 is 6.09 Å². The summed E-state index contributed by atoms with van der Waals surface area (Å²) in [6.45, 7) is 5.92. The van der Waals surface area contributed by atoms with Crippen molar-refractivity contribution >= 4 is 17.6 Å². The minimum absolute atomic E-state index is 0.0981. The molecule has 1 N–H and O–H groups in total. The molecule has 0 radical (unpaired) electrons. The quantitative estimate of drug-likeness (QED) is 0.777. The monoisotopic (exact) mass is 434 g/mol. The van der Waals surface area contributed by atoms with Gasteiger partial charge in [0.2, 0.25) is 0 Å². The summed E-state index contributed by atoms with van der Waals surface area (Å²) in [5.41, 5.74) is 0.0974. The number of aromatic nitrogens is 2. The van der Waals surface area contributed by atoms with Crippen LogP contribution in [0.1, 0.15) is 27.2 Å². The lowest BCUT2D eigenvalue weighted by Crippen LogP contribution is -2.50. The first-order chi connectivity index (χ1) is 14.6. The Morgan fingerprint density at radius 3 is 2.61 bits per heavy atom. The molecule has 0 spiro atoms. The molecule has 1 aromatic carbocycles. The third kappa shape index (κ3) is 3.99. The number of amides is 1. The van der Waals surface area contributed by atoms with E-state index in [0.717, 1.165) is 12.1 Å². The first-order valence-electron chi connectivity index (χ1n) is 9.93. The number of hydrogen-bond acceptors (Lipinski definition) is 7. The number of carbonyl (C=O) groups excluding carboxylic acids is 1. The topological polar surface area (TPSA) is 88.0 Å². The average Bonchev–Trinajstić information content (AvgIpc) is 3.05. The van der Waals surface area contributed by atoms with Crippen LogP contribution in [-0.4, -0.2) is 59.3 Å². The second kappa shape index (κ2) is 7.60. The first-order valence-corrected chi connectivity index (χ1v) is 9.93. The minimum atomic E-state index is -0.859. The molecule has 0 unspecified atom stereocenters. The molecule has 0 bridgehead atoms. The Morgan fingerprint density at radius 1 is 1.19 bits per heavy atom. The van der Waals surface area contributed by atoms with Gasteiger partial charge in [-0.2, -0.15) is 0 Å². The van der Waals surface area contributed by atoms with Crippen LogP contribution >= 0.6 is 0 Å². The zero-order chi connectivity index (χ0) is 22.5. The van der Waals surface area contributed by atoms with Crippen molar-refractivity contribution in [1.82, 2.24) is 10.2 Å². The third-order valence-corrected chi connectivity index (χ3v) is 5.21. The van der Waals surface area contributed by atoms with Gasteiger partial charge in [0.05, 0.1) is 36.7 Å². The zero-order valence-electron chi connectivity index (χ0n) is 17.7. The number of benzene rings is 1. The van der Waals surface area contributed by atoms with Crippen LogP contribution in [0.5, 0.6) is 5.75 Å². The lowest BCUT2D eigenvalue weighted by atomic mass is 10.1. The molecule has 1 saturated heterocycles. The van der Waals surface area contributed by atoms with Crippen molar-refractivity contribution in [3.8, 4) is 17.0 Å². The highest BCUT2D eigenvalue weighted by Gasteiger charge is 2.42. The highest BCUT2D eigenvalue weighted by Crippen LogP contribution is 2.41. The standard InChI is InChI=1S/C21H24F2N4O4/c1-21(2,3)31-20(29)27-9-12-7-13(28)10-26(12)17-8-16(24-25-19(17)27)14-5-11(22)6-15(23)18(14)30-4/h5-6,8,12-13,28H,7,9-10H2,1-4H3/t12-,13+/m1/s1. The third-order valence-electron chi connectivity index (χ3n) is 5.21. The van der Waals surface area contributed by atoms with Crippen molar-refractivity contribution in [1.29, 1.82) is 0 Å². The molecule has 4 rings (SSSR count). The first kappa shape index (κ1) is 21.2. The molecule has 3 heterocycles. The van der Waals surface area contributed by atoms with Gasteiger partial charge in [-0.3, -0.25) is 4.90 Å². The van der Waals surface area contributed by atoms with E-state index in [2.05, 4.69) is 10.2 Å². The summed E-state index contributed by atoms with van der Waals surface area (Å²) in [6, 6.07) is 3.29. The Morgan fingerprint density at radius 2 is 1.94 bits per heavy atom. The zero-order valence-corrected chi connectivity index (χ0v) is 17.7. The summed E-state index contributed by atoms with van der Waals surface area (Å²) in [5, 5.41) is 18.5. The van der Waals surface area contributed by atoms with Crippen LogP contribution in [0.3, 0.4) is 0 Å². The number of nitrogens with zero attached hydrogens (tertiary/aromatic N) is 4. The Kier molecular flexibility index (Phi) is 5.20. The molecule has 2 aromatic rings. The molecule has 1 fully saturated rings. The van der Waals surface area contributed by atoms with Gasteiger partial charge < -0.3 is 19.5 Å². The number of anilines is 2. The number of ether oxygens (including phenoxy) is 2. The van der Waals surface area contributed by atoms with E-state index in [1.165, 1.54) is 12.0 Å². The predicted octanol–water partition coefficient (Wildman–Crippen LogP) is 3.13. The van der Waals surface area contributed by atoms with E-state index >= 15 is 0 Å². The largest absolute Gasteiger partial charge is 0.493 e. The van der Waals surface area contributed by atoms with Gasteiger partial charge in [-0.15, -0.1) is 10.2 Å². The Hall–Kier alpha value is -3.01. The smallest absolute Gasteiger partial charge is 0.416 e. The summed E-state index contributed by atoms with van der Waals surface area (Å²) in [7, 11) is 1.28. The van der Waals surface area contributed by atoms with E-state index in [0.29, 0.717) is 18.7 Å². The number of rotatable bonds is 2. The molecule has 10 heteroatoms. The van der Waals surface area contributed by atoms with Crippen LogP contribution in [-0.2, 0) is 4.74 Å². The van der Waals surface area contributed by atoms with Crippen molar-refractivity contribution < 1.29 is 28.2 Å². The second-order valence-electron chi connectivity index (χ2n) is 8.69. The summed E-state index contributed by atoms with van der Waals surface area (Å²) >= 11 is 0. The van der Waals surface area contributed by atoms with Crippen molar-refractivity contribution in [2.24, 2.45) is 0 Å². The van der Waals surface area contributed by atoms with Gasteiger partial charge in [-0.1, -0.05) is 0 Å². The summed E-state index contributed by atoms with van der Waals surface area (Å²) in [5.74, 6) is -1.53. The van der Waals surface area contributed by atoms with Gasteiger partial charge in [-0.25, -0.2) is 13.6 Å². The Labute approximate surface area is 178 Å². The Bertz CT molecular complexity index is 1030. The van der Waals surface area contributed by atoms with Crippen LogP contribution in [0.2, 0.25) is 0 Å². The van der Waals surface area contributed by atoms with E-state index in [1.54, 1.807) is 26.8 Å². The van der Waals surface area contributed by atoms with Crippen LogP contribution in [0.25, 0.3) is 11.3 Å². The molecular weight excluding hydrogens is 410 g/mol. The maximum absolute atomic E-state index is 14.2. The fourth-order valence-electron chi connectivity index (χ4n) is 4.00. The highest BCUT2D eigenvalue weighted by molar-refractivity contribution is 5.93. The van der Waals surface area contributed by atoms with Gasteiger partial charge in [0, 0.05) is 18.7 Å². The molecule has 1 aromatic heterocycles. The SMILES string of the molecule is COc1c(F)cc(F)cc1-c1cc2c(nn1)N(C(=O)OC(C)(C)C)C[C@H]1C[C@H](O)CN21. The molecule has 1 amide bonds. The van der Waals surface area contributed by atoms with Crippen molar-refractivity contribution in [2.75, 3.05) is 30.0 Å². The number of methoxy groups -OCH3 is 1. The molecule has 2 aliphatic heterocycles. The van der Waals surface area contributed by atoms with Crippen molar-refractivity contribution in [2.45, 2.75) is 44.9 Å². The molecule has 31 heavy (non-hydrogen) atoms. The average molecular weight is 434 g/mol. The summed E-state index contributed by atoms with van der Waals surface area (Å²) in [4.78, 5) is 16.1. The predicted molar refractivity (Wildman–Crippen MR) is 109 cm³/mol. The molecule has 8 nitrogen and oxygen atoms in total. The number of hydrogen-bond donors (Lipinski definition) is 1. The number of fused-ring (bicyclic) bond motifs is 3. The van der Waals surface area contributed by atoms with E-state index in [9.17, 15) is 18.7 Å². The fraction of sp³-hybridized carbons (Fsp3) is 0.476. The molecule has 166 valence electrons. The van der Waals surface area contributed by atoms with E-state index in [1.807, 2.05) is 4.90 Å². The fourth-order valence-corrected chi connectivity index (χ4v) is 4.00. The van der Waals surface area contributed by atoms with Gasteiger partial charge in [-0.05, 0) is 39.3 Å². The molecular formula is C21H24F2N4O4. The molecule has 2 aliphatic rings. The van der Waals surface area contributed by atoms with Gasteiger partial charge in [0.1, 0.15) is 11.4 Å². The van der Waals surface area contributed by atoms with Crippen LogP contribution < -0.4 is 14.5 Å². The second-order valence-corrected chi connectivity index (χ2v) is 8.69. The Balaban J connectivity index is 1.81. The van der Waals surface area contributed by atoms with Crippen molar-refractivity contribution in [3.05, 3.63) is 29.8 Å². The minimum Gasteiger partial charge on any atom is -0.493 e. The summed E-state index contributed by atoms with van der Waals surface area (Å²) in [6.07, 6.45) is -0.686. The maximum atomic E-state index is 14.2. The lowest BCUT2D eigenvalue weighted by Gasteiger charge is -2.39. The number of aliphatic hydroxyl groups is 1. The van der Waals surface area contributed by atoms with Crippen LogP contribution in [0, 0.1) is 11.6 Å². The molecule has 0 saturated carbocycles. The van der Waals surface area contributed by atoms with E-state index in [-0.39, 0.29) is 35.4 Å². The number of halogens is 2. The lowest BCUT2D eigenvalue weighted by molar-refractivity contribution is 0.0574. The highest BCUT2D eigenvalue weighted by atomic mass is 19.1.